The molecule has 0 aliphatic carbocycles. The molecule has 25 heavy (non-hydrogen) atoms. The van der Waals surface area contributed by atoms with Crippen LogP contribution in [0.2, 0.25) is 0 Å². The van der Waals surface area contributed by atoms with Gasteiger partial charge in [0.25, 0.3) is 0 Å². The highest BCUT2D eigenvalue weighted by Gasteiger charge is 2.28. The van der Waals surface area contributed by atoms with Gasteiger partial charge in [-0.15, -0.1) is 0 Å². The van der Waals surface area contributed by atoms with E-state index < -0.39 is 0 Å². The second-order valence-corrected chi connectivity index (χ2v) is 6.04. The molecule has 0 bridgehead atoms. The molecule has 4 nitrogen and oxygen atoms in total. The lowest BCUT2D eigenvalue weighted by Gasteiger charge is -2.24. The van der Waals surface area contributed by atoms with E-state index in [0.29, 0.717) is 0 Å². The first-order valence-corrected chi connectivity index (χ1v) is 8.48. The van der Waals surface area contributed by atoms with Gasteiger partial charge in [0.1, 0.15) is 11.5 Å². The van der Waals surface area contributed by atoms with Crippen LogP contribution in [0.1, 0.15) is 30.0 Å². The first-order chi connectivity index (χ1) is 12.2. The van der Waals surface area contributed by atoms with Crippen LogP contribution in [0.15, 0.2) is 54.6 Å². The van der Waals surface area contributed by atoms with Crippen molar-refractivity contribution < 1.29 is 14.3 Å². The van der Waals surface area contributed by atoms with Crippen LogP contribution in [0.5, 0.6) is 11.5 Å². The molecule has 3 rings (SSSR count). The summed E-state index contributed by atoms with van der Waals surface area (Å²) in [6.45, 7) is 0.775. The molecule has 2 aromatic carbocycles. The molecule has 1 amide bonds. The number of para-hydroxylation sites is 1. The summed E-state index contributed by atoms with van der Waals surface area (Å²) >= 11 is 0. The van der Waals surface area contributed by atoms with Gasteiger partial charge in [0.05, 0.1) is 20.3 Å². The normalized spacial score (nSPS) is 17.0. The monoisotopic (exact) mass is 337 g/mol. The number of carbonyl (C=O) groups excluding carboxylic acids is 1. The molecule has 0 aromatic heterocycles. The first kappa shape index (κ1) is 17.1. The number of hydrogen-bond acceptors (Lipinski definition) is 3. The van der Waals surface area contributed by atoms with Gasteiger partial charge in [-0.2, -0.15) is 0 Å². The van der Waals surface area contributed by atoms with E-state index in [9.17, 15) is 4.79 Å². The Balaban J connectivity index is 1.77. The average Bonchev–Trinajstić information content (AvgIpc) is 3.16. The summed E-state index contributed by atoms with van der Waals surface area (Å²) < 4.78 is 10.6. The largest absolute Gasteiger partial charge is 0.497 e. The Bertz CT molecular complexity index is 769. The number of amides is 1. The summed E-state index contributed by atoms with van der Waals surface area (Å²) in [7, 11) is 3.29. The Morgan fingerprint density at radius 2 is 1.96 bits per heavy atom. The van der Waals surface area contributed by atoms with Crippen molar-refractivity contribution >= 4 is 12.0 Å². The third kappa shape index (κ3) is 3.85. The standard InChI is InChI=1S/C21H23NO3/c1-24-18-9-5-8-17(15-18)19-10-6-14-22(19)21(23)13-12-16-7-3-4-11-20(16)25-2/h3-5,7-9,11-13,15,19H,6,10,14H2,1-2H3/b13-12+. The zero-order valence-electron chi connectivity index (χ0n) is 14.6. The van der Waals surface area contributed by atoms with E-state index >= 15 is 0 Å². The molecule has 130 valence electrons. The summed E-state index contributed by atoms with van der Waals surface area (Å²) in [6, 6.07) is 15.7. The Morgan fingerprint density at radius 1 is 1.12 bits per heavy atom. The van der Waals surface area contributed by atoms with Crippen molar-refractivity contribution in [2.45, 2.75) is 18.9 Å². The third-order valence-electron chi connectivity index (χ3n) is 4.56. The van der Waals surface area contributed by atoms with Crippen LogP contribution in [0, 0.1) is 0 Å². The van der Waals surface area contributed by atoms with Gasteiger partial charge in [0.15, 0.2) is 0 Å². The number of nitrogens with zero attached hydrogens (tertiary/aromatic N) is 1. The van der Waals surface area contributed by atoms with Crippen LogP contribution in [0.3, 0.4) is 0 Å². The second-order valence-electron chi connectivity index (χ2n) is 6.04. The topological polar surface area (TPSA) is 38.8 Å². The van der Waals surface area contributed by atoms with E-state index in [1.165, 1.54) is 0 Å². The quantitative estimate of drug-likeness (QED) is 0.772. The van der Waals surface area contributed by atoms with Crippen molar-refractivity contribution in [1.29, 1.82) is 0 Å². The molecular weight excluding hydrogens is 314 g/mol. The molecule has 1 atom stereocenters. The molecule has 0 saturated carbocycles. The first-order valence-electron chi connectivity index (χ1n) is 8.48. The lowest BCUT2D eigenvalue weighted by molar-refractivity contribution is -0.126. The fourth-order valence-corrected chi connectivity index (χ4v) is 3.29. The predicted octanol–water partition coefficient (Wildman–Crippen LogP) is 4.08. The molecule has 1 saturated heterocycles. The maximum absolute atomic E-state index is 12.7. The Labute approximate surface area is 148 Å². The summed E-state index contributed by atoms with van der Waals surface area (Å²) in [5.74, 6) is 1.61. The number of carbonyl (C=O) groups is 1. The van der Waals surface area contributed by atoms with Crippen LogP contribution in [0.25, 0.3) is 6.08 Å². The Morgan fingerprint density at radius 3 is 2.76 bits per heavy atom. The summed E-state index contributed by atoms with van der Waals surface area (Å²) in [4.78, 5) is 14.7. The molecule has 1 heterocycles. The summed E-state index contributed by atoms with van der Waals surface area (Å²) in [6.07, 6.45) is 5.44. The zero-order chi connectivity index (χ0) is 17.6. The minimum absolute atomic E-state index is 0.0243. The molecule has 1 unspecified atom stereocenters. The molecular formula is C21H23NO3. The van der Waals surface area contributed by atoms with Crippen molar-refractivity contribution in [2.75, 3.05) is 20.8 Å². The van der Waals surface area contributed by atoms with E-state index in [0.717, 1.165) is 42.0 Å². The average molecular weight is 337 g/mol. The maximum atomic E-state index is 12.7. The Hall–Kier alpha value is -2.75. The molecule has 0 N–H and O–H groups in total. The van der Waals surface area contributed by atoms with E-state index in [1.807, 2.05) is 53.4 Å². The smallest absolute Gasteiger partial charge is 0.247 e. The van der Waals surface area contributed by atoms with Gasteiger partial charge < -0.3 is 14.4 Å². The number of hydrogen-bond donors (Lipinski definition) is 0. The van der Waals surface area contributed by atoms with Crippen molar-refractivity contribution in [1.82, 2.24) is 4.90 Å². The van der Waals surface area contributed by atoms with Crippen molar-refractivity contribution in [2.24, 2.45) is 0 Å². The number of rotatable bonds is 5. The Kier molecular flexibility index (Phi) is 5.39. The molecule has 1 fully saturated rings. The van der Waals surface area contributed by atoms with Crippen LogP contribution in [-0.4, -0.2) is 31.6 Å². The number of likely N-dealkylation sites (tertiary alicyclic amines) is 1. The number of methoxy groups -OCH3 is 2. The van der Waals surface area contributed by atoms with E-state index in [2.05, 4.69) is 6.07 Å². The minimum atomic E-state index is 0.0243. The van der Waals surface area contributed by atoms with Gasteiger partial charge in [-0.1, -0.05) is 30.3 Å². The van der Waals surface area contributed by atoms with E-state index in [-0.39, 0.29) is 11.9 Å². The summed E-state index contributed by atoms with van der Waals surface area (Å²) in [5.41, 5.74) is 2.02. The zero-order valence-corrected chi connectivity index (χ0v) is 14.6. The fraction of sp³-hybridized carbons (Fsp3) is 0.286. The highest BCUT2D eigenvalue weighted by Crippen LogP contribution is 2.33. The van der Waals surface area contributed by atoms with Crippen LogP contribution in [0.4, 0.5) is 0 Å². The number of ether oxygens (including phenoxy) is 2. The van der Waals surface area contributed by atoms with Crippen molar-refractivity contribution in [3.05, 3.63) is 65.7 Å². The minimum Gasteiger partial charge on any atom is -0.497 e. The molecule has 1 aliphatic heterocycles. The van der Waals surface area contributed by atoms with Gasteiger partial charge in [0, 0.05) is 18.2 Å². The molecule has 0 radical (unpaired) electrons. The van der Waals surface area contributed by atoms with E-state index in [4.69, 9.17) is 9.47 Å². The lowest BCUT2D eigenvalue weighted by Crippen LogP contribution is -2.28. The van der Waals surface area contributed by atoms with Gasteiger partial charge >= 0.3 is 0 Å². The summed E-state index contributed by atoms with van der Waals surface area (Å²) in [5, 5.41) is 0. The maximum Gasteiger partial charge on any atom is 0.247 e. The van der Waals surface area contributed by atoms with Crippen LogP contribution >= 0.6 is 0 Å². The number of benzene rings is 2. The highest BCUT2D eigenvalue weighted by molar-refractivity contribution is 5.92. The lowest BCUT2D eigenvalue weighted by atomic mass is 10.0. The van der Waals surface area contributed by atoms with Gasteiger partial charge in [-0.3, -0.25) is 4.79 Å². The molecule has 4 heteroatoms. The second kappa shape index (κ2) is 7.88. The molecule has 1 aliphatic rings. The predicted molar refractivity (Wildman–Crippen MR) is 98.7 cm³/mol. The van der Waals surface area contributed by atoms with Crippen LogP contribution < -0.4 is 9.47 Å². The molecule has 0 spiro atoms. The van der Waals surface area contributed by atoms with Crippen LogP contribution in [-0.2, 0) is 4.79 Å². The van der Waals surface area contributed by atoms with Crippen molar-refractivity contribution in [3.63, 3.8) is 0 Å². The fourth-order valence-electron chi connectivity index (χ4n) is 3.29. The molecule has 2 aromatic rings. The van der Waals surface area contributed by atoms with Gasteiger partial charge in [-0.05, 0) is 42.7 Å². The van der Waals surface area contributed by atoms with Crippen molar-refractivity contribution in [3.8, 4) is 11.5 Å². The van der Waals surface area contributed by atoms with Gasteiger partial charge in [-0.25, -0.2) is 0 Å². The SMILES string of the molecule is COc1cccc(C2CCCN2C(=O)/C=C/c2ccccc2OC)c1. The van der Waals surface area contributed by atoms with Gasteiger partial charge in [0.2, 0.25) is 5.91 Å². The highest BCUT2D eigenvalue weighted by atomic mass is 16.5. The third-order valence-corrected chi connectivity index (χ3v) is 4.56. The van der Waals surface area contributed by atoms with E-state index in [1.54, 1.807) is 20.3 Å².